The topological polar surface area (TPSA) is 70.9 Å². The van der Waals surface area contributed by atoms with Crippen LogP contribution in [-0.4, -0.2) is 23.8 Å². The van der Waals surface area contributed by atoms with E-state index in [1.54, 1.807) is 6.07 Å². The van der Waals surface area contributed by atoms with E-state index in [-0.39, 0.29) is 22.9 Å². The van der Waals surface area contributed by atoms with Crippen LogP contribution in [0.25, 0.3) is 10.8 Å². The third-order valence-electron chi connectivity index (χ3n) is 3.56. The fourth-order valence-electron chi connectivity index (χ4n) is 2.36. The number of hydrogen-bond acceptors (Lipinski definition) is 4. The van der Waals surface area contributed by atoms with Gasteiger partial charge in [-0.2, -0.15) is 5.10 Å². The van der Waals surface area contributed by atoms with Crippen LogP contribution in [0.15, 0.2) is 59.7 Å². The number of hydrogen-bond donors (Lipinski definition) is 2. The van der Waals surface area contributed by atoms with E-state index in [2.05, 4.69) is 10.5 Å². The first-order chi connectivity index (χ1) is 12.5. The van der Waals surface area contributed by atoms with Gasteiger partial charge in [-0.05, 0) is 23.6 Å². The molecule has 3 rings (SSSR count). The Labute approximate surface area is 159 Å². The molecular weight excluding hydrogens is 375 g/mol. The summed E-state index contributed by atoms with van der Waals surface area (Å²) in [5.41, 5.74) is 2.61. The number of fused-ring (bicyclic) bond motifs is 1. The molecule has 0 aliphatic rings. The normalized spacial score (nSPS) is 11.0. The third-order valence-corrected chi connectivity index (χ3v) is 4.07. The average molecular weight is 389 g/mol. The molecule has 132 valence electrons. The largest absolute Gasteiger partial charge is 0.506 e. The molecule has 0 saturated heterocycles. The first kappa shape index (κ1) is 18.0. The summed E-state index contributed by atoms with van der Waals surface area (Å²) in [6, 6.07) is 16.2. The van der Waals surface area contributed by atoms with Crippen LogP contribution < -0.4 is 10.2 Å². The number of ether oxygens (including phenoxy) is 1. The number of phenols is 1. The van der Waals surface area contributed by atoms with E-state index >= 15 is 0 Å². The van der Waals surface area contributed by atoms with Crippen LogP contribution in [0.2, 0.25) is 10.0 Å². The molecule has 5 nitrogen and oxygen atoms in total. The van der Waals surface area contributed by atoms with Crippen LogP contribution in [0.4, 0.5) is 0 Å². The van der Waals surface area contributed by atoms with Crippen molar-refractivity contribution in [3.8, 4) is 11.5 Å². The van der Waals surface area contributed by atoms with Crippen molar-refractivity contribution in [3.63, 3.8) is 0 Å². The summed E-state index contributed by atoms with van der Waals surface area (Å²) in [5.74, 6) is 0.00404. The molecule has 0 saturated carbocycles. The Morgan fingerprint density at radius 2 is 1.92 bits per heavy atom. The zero-order chi connectivity index (χ0) is 18.5. The summed E-state index contributed by atoms with van der Waals surface area (Å²) >= 11 is 11.7. The lowest BCUT2D eigenvalue weighted by Crippen LogP contribution is -2.24. The first-order valence-electron chi connectivity index (χ1n) is 7.65. The van der Waals surface area contributed by atoms with Gasteiger partial charge in [0.2, 0.25) is 0 Å². The number of halogens is 2. The summed E-state index contributed by atoms with van der Waals surface area (Å²) < 4.78 is 5.57. The number of benzene rings is 3. The summed E-state index contributed by atoms with van der Waals surface area (Å²) in [5, 5.41) is 16.0. The number of carbonyl (C=O) groups is 1. The quantitative estimate of drug-likeness (QED) is 0.503. The van der Waals surface area contributed by atoms with Crippen LogP contribution in [-0.2, 0) is 4.79 Å². The van der Waals surface area contributed by atoms with Gasteiger partial charge in [0.25, 0.3) is 5.91 Å². The summed E-state index contributed by atoms with van der Waals surface area (Å²) in [6.45, 7) is -0.201. The zero-order valence-corrected chi connectivity index (χ0v) is 15.0. The summed E-state index contributed by atoms with van der Waals surface area (Å²) in [7, 11) is 0. The molecule has 3 aromatic rings. The van der Waals surface area contributed by atoms with Gasteiger partial charge in [-0.1, -0.05) is 59.6 Å². The fraction of sp³-hybridized carbons (Fsp3) is 0.0526. The molecule has 0 spiro atoms. The smallest absolute Gasteiger partial charge is 0.277 e. The number of carbonyl (C=O) groups excluding carboxylic acids is 1. The first-order valence-corrected chi connectivity index (χ1v) is 8.40. The maximum absolute atomic E-state index is 11.9. The molecular formula is C19H14Cl2N2O3. The highest BCUT2D eigenvalue weighted by atomic mass is 35.5. The number of nitrogens with one attached hydrogen (secondary N) is 1. The van der Waals surface area contributed by atoms with Crippen LogP contribution in [0, 0.1) is 0 Å². The number of hydrazone groups is 1. The molecule has 7 heteroatoms. The van der Waals surface area contributed by atoms with E-state index < -0.39 is 5.91 Å². The van der Waals surface area contributed by atoms with Crippen molar-refractivity contribution in [1.82, 2.24) is 5.43 Å². The molecule has 2 N–H and O–H groups in total. The van der Waals surface area contributed by atoms with Crippen molar-refractivity contribution >= 4 is 46.1 Å². The van der Waals surface area contributed by atoms with E-state index in [0.717, 1.165) is 10.8 Å². The maximum Gasteiger partial charge on any atom is 0.277 e. The number of rotatable bonds is 5. The number of phenolic OH excluding ortho intramolecular Hbond substituents is 1. The van der Waals surface area contributed by atoms with Crippen molar-refractivity contribution in [3.05, 3.63) is 70.2 Å². The van der Waals surface area contributed by atoms with Gasteiger partial charge < -0.3 is 9.84 Å². The van der Waals surface area contributed by atoms with Crippen LogP contribution >= 0.6 is 23.2 Å². The van der Waals surface area contributed by atoms with E-state index in [4.69, 9.17) is 27.9 Å². The molecule has 3 aromatic carbocycles. The molecule has 0 aliphatic heterocycles. The predicted molar refractivity (Wildman–Crippen MR) is 103 cm³/mol. The zero-order valence-electron chi connectivity index (χ0n) is 13.4. The van der Waals surface area contributed by atoms with Crippen molar-refractivity contribution < 1.29 is 14.6 Å². The monoisotopic (exact) mass is 388 g/mol. The molecule has 0 unspecified atom stereocenters. The average Bonchev–Trinajstić information content (AvgIpc) is 2.63. The second-order valence-corrected chi connectivity index (χ2v) is 6.23. The molecule has 1 amide bonds. The van der Waals surface area contributed by atoms with Crippen molar-refractivity contribution in [1.29, 1.82) is 0 Å². The second-order valence-electron chi connectivity index (χ2n) is 5.38. The molecule has 26 heavy (non-hydrogen) atoms. The van der Waals surface area contributed by atoms with E-state index in [9.17, 15) is 9.90 Å². The number of amides is 1. The van der Waals surface area contributed by atoms with Gasteiger partial charge in [0, 0.05) is 16.0 Å². The minimum atomic E-state index is -0.443. The van der Waals surface area contributed by atoms with E-state index in [1.165, 1.54) is 18.3 Å². The number of aromatic hydroxyl groups is 1. The van der Waals surface area contributed by atoms with Crippen molar-refractivity contribution in [2.24, 2.45) is 5.10 Å². The lowest BCUT2D eigenvalue weighted by atomic mass is 10.1. The second kappa shape index (κ2) is 8.08. The lowest BCUT2D eigenvalue weighted by molar-refractivity contribution is -0.123. The predicted octanol–water partition coefficient (Wildman–Crippen LogP) is 4.38. The summed E-state index contributed by atoms with van der Waals surface area (Å²) in [4.78, 5) is 11.9. The van der Waals surface area contributed by atoms with E-state index in [0.29, 0.717) is 10.8 Å². The molecule has 0 heterocycles. The Bertz CT molecular complexity index is 984. The minimum Gasteiger partial charge on any atom is -0.506 e. The molecule has 0 atom stereocenters. The Balaban J connectivity index is 1.61. The van der Waals surface area contributed by atoms with Gasteiger partial charge >= 0.3 is 0 Å². The fourth-order valence-corrected chi connectivity index (χ4v) is 2.86. The van der Waals surface area contributed by atoms with Gasteiger partial charge in [-0.3, -0.25) is 4.79 Å². The molecule has 0 aromatic heterocycles. The van der Waals surface area contributed by atoms with Crippen LogP contribution in [0.5, 0.6) is 11.5 Å². The standard InChI is InChI=1S/C19H14Cl2N2O3/c20-14-8-13(19(25)16(21)9-14)10-22-23-18(24)11-26-17-7-3-5-12-4-1-2-6-15(12)17/h1-10,25H,11H2,(H,23,24). The van der Waals surface area contributed by atoms with Crippen molar-refractivity contribution in [2.75, 3.05) is 6.61 Å². The van der Waals surface area contributed by atoms with Crippen LogP contribution in [0.1, 0.15) is 5.56 Å². The highest BCUT2D eigenvalue weighted by molar-refractivity contribution is 6.36. The molecule has 0 fully saturated rings. The van der Waals surface area contributed by atoms with Crippen LogP contribution in [0.3, 0.4) is 0 Å². The van der Waals surface area contributed by atoms with Gasteiger partial charge in [-0.15, -0.1) is 0 Å². The Morgan fingerprint density at radius 3 is 2.77 bits per heavy atom. The Kier molecular flexibility index (Phi) is 5.61. The molecule has 0 aliphatic carbocycles. The van der Waals surface area contributed by atoms with E-state index in [1.807, 2.05) is 36.4 Å². The van der Waals surface area contributed by atoms with Gasteiger partial charge in [0.05, 0.1) is 11.2 Å². The minimum absolute atomic E-state index is 0.101. The number of nitrogens with zero attached hydrogens (tertiary/aromatic N) is 1. The van der Waals surface area contributed by atoms with Crippen molar-refractivity contribution in [2.45, 2.75) is 0 Å². The summed E-state index contributed by atoms with van der Waals surface area (Å²) in [6.07, 6.45) is 1.25. The Morgan fingerprint density at radius 1 is 1.15 bits per heavy atom. The highest BCUT2D eigenvalue weighted by Gasteiger charge is 2.07. The van der Waals surface area contributed by atoms with Gasteiger partial charge in [0.1, 0.15) is 11.5 Å². The molecule has 0 radical (unpaired) electrons. The molecule has 0 bridgehead atoms. The Hall–Kier alpha value is -2.76. The van der Waals surface area contributed by atoms with Gasteiger partial charge in [0.15, 0.2) is 6.61 Å². The highest BCUT2D eigenvalue weighted by Crippen LogP contribution is 2.30. The third kappa shape index (κ3) is 4.25. The van der Waals surface area contributed by atoms with Gasteiger partial charge in [-0.25, -0.2) is 5.43 Å². The SMILES string of the molecule is O=C(COc1cccc2ccccc12)NN=Cc1cc(Cl)cc(Cl)c1O. The maximum atomic E-state index is 11.9. The lowest BCUT2D eigenvalue weighted by Gasteiger charge is -2.08.